The van der Waals surface area contributed by atoms with Gasteiger partial charge in [-0.15, -0.1) is 0 Å². The Morgan fingerprint density at radius 3 is 2.70 bits per heavy atom. The van der Waals surface area contributed by atoms with Crippen molar-refractivity contribution in [1.82, 2.24) is 15.5 Å². The Balaban J connectivity index is 1.90. The molecular weight excluding hydrogens is 321 g/mol. The third-order valence-electron chi connectivity index (χ3n) is 2.85. The summed E-state index contributed by atoms with van der Waals surface area (Å²) in [5, 5.41) is 6.47. The maximum atomic E-state index is 12.9. The van der Waals surface area contributed by atoms with Crippen LogP contribution in [-0.4, -0.2) is 32.6 Å². The number of halogens is 1. The van der Waals surface area contributed by atoms with Gasteiger partial charge < -0.3 is 9.84 Å². The van der Waals surface area contributed by atoms with Gasteiger partial charge in [-0.25, -0.2) is 4.39 Å². The number of amides is 1. The van der Waals surface area contributed by atoms with Gasteiger partial charge in [-0.2, -0.15) is 4.98 Å². The van der Waals surface area contributed by atoms with Crippen molar-refractivity contribution < 1.29 is 17.9 Å². The highest BCUT2D eigenvalue weighted by atomic mass is 32.2. The average molecular weight is 339 g/mol. The number of carbonyl (C=O) groups is 1. The molecule has 1 amide bonds. The van der Waals surface area contributed by atoms with E-state index in [2.05, 4.69) is 15.5 Å². The Bertz CT molecular complexity index is 686. The largest absolute Gasteiger partial charge is 0.355 e. The Kier molecular flexibility index (Phi) is 5.97. The number of aromatic nitrogens is 2. The molecular formula is C15H18FN3O3S. The van der Waals surface area contributed by atoms with Crippen molar-refractivity contribution in [3.63, 3.8) is 0 Å². The molecule has 1 atom stereocenters. The van der Waals surface area contributed by atoms with E-state index >= 15 is 0 Å². The summed E-state index contributed by atoms with van der Waals surface area (Å²) in [5.74, 6) is 0.0769. The summed E-state index contributed by atoms with van der Waals surface area (Å²) in [7, 11) is -1.43. The van der Waals surface area contributed by atoms with Crippen LogP contribution in [-0.2, 0) is 21.3 Å². The first-order chi connectivity index (χ1) is 10.9. The second kappa shape index (κ2) is 7.96. The van der Waals surface area contributed by atoms with Gasteiger partial charge in [-0.05, 0) is 30.2 Å². The van der Waals surface area contributed by atoms with E-state index in [4.69, 9.17) is 4.52 Å². The summed E-state index contributed by atoms with van der Waals surface area (Å²) in [6.45, 7) is 4.50. The fraction of sp³-hybridized carbons (Fsp3) is 0.400. The highest BCUT2D eigenvalue weighted by molar-refractivity contribution is 7.84. The zero-order valence-electron chi connectivity index (χ0n) is 12.9. The molecule has 1 aromatic heterocycles. The lowest BCUT2D eigenvalue weighted by molar-refractivity contribution is -0.118. The zero-order valence-corrected chi connectivity index (χ0v) is 13.7. The van der Waals surface area contributed by atoms with Crippen molar-refractivity contribution in [2.75, 3.05) is 12.3 Å². The molecule has 0 aliphatic heterocycles. The van der Waals surface area contributed by atoms with Gasteiger partial charge in [-0.1, -0.05) is 19.0 Å². The van der Waals surface area contributed by atoms with Crippen LogP contribution in [0.3, 0.4) is 0 Å². The van der Waals surface area contributed by atoms with Crippen molar-refractivity contribution in [3.05, 3.63) is 36.0 Å². The van der Waals surface area contributed by atoms with E-state index in [0.29, 0.717) is 23.9 Å². The fourth-order valence-corrected chi connectivity index (χ4v) is 2.62. The molecule has 0 aliphatic rings. The van der Waals surface area contributed by atoms with E-state index in [9.17, 15) is 13.4 Å². The van der Waals surface area contributed by atoms with Gasteiger partial charge in [0.05, 0.1) is 0 Å². The van der Waals surface area contributed by atoms with Crippen LogP contribution >= 0.6 is 0 Å². The third-order valence-corrected chi connectivity index (χ3v) is 4.01. The van der Waals surface area contributed by atoms with Crippen LogP contribution in [0.15, 0.2) is 28.8 Å². The number of hydrogen-bond donors (Lipinski definition) is 1. The lowest BCUT2D eigenvalue weighted by Gasteiger charge is -2.06. The predicted molar refractivity (Wildman–Crippen MR) is 84.3 cm³/mol. The maximum absolute atomic E-state index is 12.9. The smallest absolute Gasteiger partial charge is 0.239 e. The van der Waals surface area contributed by atoms with Crippen molar-refractivity contribution in [2.45, 2.75) is 19.6 Å². The van der Waals surface area contributed by atoms with E-state index in [1.165, 1.54) is 24.3 Å². The van der Waals surface area contributed by atoms with E-state index in [1.54, 1.807) is 0 Å². The molecule has 2 rings (SSSR count). The van der Waals surface area contributed by atoms with Crippen molar-refractivity contribution in [2.24, 2.45) is 5.92 Å². The van der Waals surface area contributed by atoms with Gasteiger partial charge in [0.2, 0.25) is 17.6 Å². The third kappa shape index (κ3) is 5.55. The molecule has 0 saturated carbocycles. The monoisotopic (exact) mass is 339 g/mol. The van der Waals surface area contributed by atoms with E-state index in [-0.39, 0.29) is 29.1 Å². The van der Waals surface area contributed by atoms with Crippen LogP contribution in [0, 0.1) is 11.7 Å². The molecule has 0 bridgehead atoms. The van der Waals surface area contributed by atoms with Crippen LogP contribution in [0.4, 0.5) is 4.39 Å². The zero-order chi connectivity index (χ0) is 16.8. The quantitative estimate of drug-likeness (QED) is 0.833. The van der Waals surface area contributed by atoms with Crippen LogP contribution in [0.25, 0.3) is 11.4 Å². The standard InChI is InChI=1S/C15H18FN3O3S/c1-10(2)7-17-13(20)8-23(21)9-14-18-15(19-22-14)11-3-5-12(16)6-4-11/h3-6,10H,7-9H2,1-2H3,(H,17,20). The van der Waals surface area contributed by atoms with Crippen LogP contribution in [0.5, 0.6) is 0 Å². The number of nitrogens with zero attached hydrogens (tertiary/aromatic N) is 2. The van der Waals surface area contributed by atoms with E-state index < -0.39 is 10.8 Å². The number of rotatable bonds is 7. The molecule has 1 heterocycles. The average Bonchev–Trinajstić information content (AvgIpc) is 2.94. The normalized spacial score (nSPS) is 12.3. The summed E-state index contributed by atoms with van der Waals surface area (Å²) in [5.41, 5.74) is 0.599. The molecule has 0 saturated heterocycles. The second-order valence-corrected chi connectivity index (χ2v) is 6.90. The Labute approximate surface area is 135 Å². The van der Waals surface area contributed by atoms with Crippen LogP contribution < -0.4 is 5.32 Å². The molecule has 8 heteroatoms. The SMILES string of the molecule is CC(C)CNC(=O)CS(=O)Cc1nc(-c2ccc(F)cc2)no1. The van der Waals surface area contributed by atoms with Crippen molar-refractivity contribution >= 4 is 16.7 Å². The molecule has 0 aliphatic carbocycles. The van der Waals surface area contributed by atoms with Gasteiger partial charge >= 0.3 is 0 Å². The summed E-state index contributed by atoms with van der Waals surface area (Å²) in [6, 6.07) is 5.64. The van der Waals surface area contributed by atoms with Gasteiger partial charge in [0.1, 0.15) is 17.3 Å². The van der Waals surface area contributed by atoms with Crippen LogP contribution in [0.1, 0.15) is 19.7 Å². The number of carbonyl (C=O) groups excluding carboxylic acids is 1. The first-order valence-corrected chi connectivity index (χ1v) is 8.63. The minimum Gasteiger partial charge on any atom is -0.355 e. The molecule has 1 aromatic carbocycles. The van der Waals surface area contributed by atoms with Gasteiger partial charge in [0, 0.05) is 22.9 Å². The molecule has 6 nitrogen and oxygen atoms in total. The first-order valence-electron chi connectivity index (χ1n) is 7.14. The van der Waals surface area contributed by atoms with Crippen molar-refractivity contribution in [3.8, 4) is 11.4 Å². The lowest BCUT2D eigenvalue weighted by atomic mass is 10.2. The Morgan fingerprint density at radius 2 is 2.04 bits per heavy atom. The summed E-state index contributed by atoms with van der Waals surface area (Å²) >= 11 is 0. The maximum Gasteiger partial charge on any atom is 0.239 e. The number of benzene rings is 1. The molecule has 124 valence electrons. The lowest BCUT2D eigenvalue weighted by Crippen LogP contribution is -2.31. The minimum absolute atomic E-state index is 0.00327. The summed E-state index contributed by atoms with van der Waals surface area (Å²) < 4.78 is 29.8. The minimum atomic E-state index is -1.43. The molecule has 0 spiro atoms. The van der Waals surface area contributed by atoms with Gasteiger partial charge in [0.15, 0.2) is 0 Å². The van der Waals surface area contributed by atoms with Gasteiger partial charge in [-0.3, -0.25) is 9.00 Å². The van der Waals surface area contributed by atoms with Gasteiger partial charge in [0.25, 0.3) is 0 Å². The topological polar surface area (TPSA) is 85.1 Å². The first kappa shape index (κ1) is 17.3. The Morgan fingerprint density at radius 1 is 1.35 bits per heavy atom. The number of hydrogen-bond acceptors (Lipinski definition) is 5. The Hall–Kier alpha value is -2.09. The van der Waals surface area contributed by atoms with E-state index in [1.807, 2.05) is 13.8 Å². The molecule has 2 aromatic rings. The summed E-state index contributed by atoms with van der Waals surface area (Å²) in [4.78, 5) is 15.7. The highest BCUT2D eigenvalue weighted by Gasteiger charge is 2.14. The molecule has 23 heavy (non-hydrogen) atoms. The summed E-state index contributed by atoms with van der Waals surface area (Å²) in [6.07, 6.45) is 0. The second-order valence-electron chi connectivity index (χ2n) is 5.45. The van der Waals surface area contributed by atoms with Crippen molar-refractivity contribution in [1.29, 1.82) is 0 Å². The van der Waals surface area contributed by atoms with Crippen LogP contribution in [0.2, 0.25) is 0 Å². The highest BCUT2D eigenvalue weighted by Crippen LogP contribution is 2.16. The van der Waals surface area contributed by atoms with E-state index in [0.717, 1.165) is 0 Å². The molecule has 0 radical (unpaired) electrons. The molecule has 0 fully saturated rings. The number of nitrogens with one attached hydrogen (secondary N) is 1. The predicted octanol–water partition coefficient (Wildman–Crippen LogP) is 1.90. The fourth-order valence-electron chi connectivity index (χ4n) is 1.73. The molecule has 1 unspecified atom stereocenters. The molecule has 1 N–H and O–H groups in total.